The van der Waals surface area contributed by atoms with Crippen LogP contribution in [-0.2, 0) is 14.8 Å². The predicted molar refractivity (Wildman–Crippen MR) is 131 cm³/mol. The molecule has 1 aromatic heterocycles. The third-order valence-corrected chi connectivity index (χ3v) is 8.02. The van der Waals surface area contributed by atoms with Crippen LogP contribution in [0.5, 0.6) is 0 Å². The molecule has 3 aromatic rings. The number of hydrogen-bond acceptors (Lipinski definition) is 5. The fourth-order valence-electron chi connectivity index (χ4n) is 4.02. The number of ether oxygens (including phenoxy) is 1. The summed E-state index contributed by atoms with van der Waals surface area (Å²) in [7, 11) is -3.74. The van der Waals surface area contributed by atoms with Crippen molar-refractivity contribution in [1.82, 2.24) is 8.87 Å². The van der Waals surface area contributed by atoms with Gasteiger partial charge in [0.1, 0.15) is 0 Å². The molecular formula is C26H30N2O5S. The van der Waals surface area contributed by atoms with Crippen molar-refractivity contribution < 1.29 is 22.7 Å². The van der Waals surface area contributed by atoms with E-state index in [1.807, 2.05) is 48.7 Å². The fraction of sp³-hybridized carbons (Fsp3) is 0.308. The first kappa shape index (κ1) is 25.4. The van der Waals surface area contributed by atoms with Gasteiger partial charge in [-0.05, 0) is 56.7 Å². The van der Waals surface area contributed by atoms with E-state index in [9.17, 15) is 18.0 Å². The largest absolute Gasteiger partial charge is 0.454 e. The molecule has 0 saturated carbocycles. The topological polar surface area (TPSA) is 85.7 Å². The molecule has 0 saturated heterocycles. The van der Waals surface area contributed by atoms with Crippen LogP contribution in [0.3, 0.4) is 0 Å². The normalized spacial score (nSPS) is 11.6. The summed E-state index contributed by atoms with van der Waals surface area (Å²) < 4.78 is 34.5. The second kappa shape index (κ2) is 10.4. The zero-order valence-corrected chi connectivity index (χ0v) is 21.0. The Labute approximate surface area is 201 Å². The van der Waals surface area contributed by atoms with Gasteiger partial charge in [-0.25, -0.2) is 13.2 Å². The SMILES string of the molecule is CCN(CC)S(=O)(=O)c1cc(C(=O)OCC(=O)c2cc(C)n(-c3ccccc3)c2C)ccc1C. The molecule has 1 heterocycles. The number of nitrogens with zero attached hydrogens (tertiary/aromatic N) is 2. The van der Waals surface area contributed by atoms with Crippen molar-refractivity contribution in [3.63, 3.8) is 0 Å². The summed E-state index contributed by atoms with van der Waals surface area (Å²) in [4.78, 5) is 25.6. The molecule has 0 N–H and O–H groups in total. The Morgan fingerprint density at radius 3 is 2.21 bits per heavy atom. The number of para-hydroxylation sites is 1. The van der Waals surface area contributed by atoms with Crippen LogP contribution in [0.25, 0.3) is 5.69 Å². The van der Waals surface area contributed by atoms with Gasteiger partial charge in [-0.2, -0.15) is 4.31 Å². The van der Waals surface area contributed by atoms with Gasteiger partial charge in [0.25, 0.3) is 0 Å². The van der Waals surface area contributed by atoms with Gasteiger partial charge in [0.15, 0.2) is 6.61 Å². The minimum atomic E-state index is -3.74. The van der Waals surface area contributed by atoms with Crippen LogP contribution < -0.4 is 0 Å². The number of hydrogen-bond donors (Lipinski definition) is 0. The van der Waals surface area contributed by atoms with Gasteiger partial charge in [0, 0.05) is 35.7 Å². The first-order valence-corrected chi connectivity index (χ1v) is 12.6. The van der Waals surface area contributed by atoms with E-state index in [0.717, 1.165) is 17.1 Å². The van der Waals surface area contributed by atoms with E-state index in [4.69, 9.17) is 4.74 Å². The van der Waals surface area contributed by atoms with E-state index in [2.05, 4.69) is 0 Å². The summed E-state index contributed by atoms with van der Waals surface area (Å²) in [6.07, 6.45) is 0. The monoisotopic (exact) mass is 482 g/mol. The van der Waals surface area contributed by atoms with Gasteiger partial charge in [-0.3, -0.25) is 4.79 Å². The van der Waals surface area contributed by atoms with Crippen molar-refractivity contribution in [3.8, 4) is 5.69 Å². The molecule has 0 bridgehead atoms. The number of benzene rings is 2. The van der Waals surface area contributed by atoms with E-state index in [-0.39, 0.29) is 16.2 Å². The van der Waals surface area contributed by atoms with Gasteiger partial charge in [-0.1, -0.05) is 38.1 Å². The lowest BCUT2D eigenvalue weighted by Gasteiger charge is -2.20. The van der Waals surface area contributed by atoms with Crippen molar-refractivity contribution in [2.75, 3.05) is 19.7 Å². The lowest BCUT2D eigenvalue weighted by atomic mass is 10.1. The smallest absolute Gasteiger partial charge is 0.338 e. The number of sulfonamides is 1. The highest BCUT2D eigenvalue weighted by molar-refractivity contribution is 7.89. The molecule has 0 unspecified atom stereocenters. The molecule has 3 rings (SSSR count). The first-order valence-electron chi connectivity index (χ1n) is 11.2. The van der Waals surface area contributed by atoms with Crippen molar-refractivity contribution in [2.24, 2.45) is 0 Å². The summed E-state index contributed by atoms with van der Waals surface area (Å²) in [5.74, 6) is -1.08. The second-order valence-electron chi connectivity index (χ2n) is 8.02. The van der Waals surface area contributed by atoms with E-state index >= 15 is 0 Å². The number of esters is 1. The Balaban J connectivity index is 1.79. The maximum atomic E-state index is 12.9. The quantitative estimate of drug-likeness (QED) is 0.332. The van der Waals surface area contributed by atoms with Crippen molar-refractivity contribution in [1.29, 1.82) is 0 Å². The summed E-state index contributed by atoms with van der Waals surface area (Å²) in [6, 6.07) is 15.8. The van der Waals surface area contributed by atoms with Crippen molar-refractivity contribution in [3.05, 3.63) is 82.7 Å². The number of aryl methyl sites for hydroxylation is 2. The van der Waals surface area contributed by atoms with Gasteiger partial charge < -0.3 is 9.30 Å². The molecule has 8 heteroatoms. The lowest BCUT2D eigenvalue weighted by molar-refractivity contribution is 0.0474. The molecule has 0 aliphatic heterocycles. The zero-order valence-electron chi connectivity index (χ0n) is 20.2. The second-order valence-corrected chi connectivity index (χ2v) is 9.93. The van der Waals surface area contributed by atoms with Gasteiger partial charge in [-0.15, -0.1) is 0 Å². The first-order chi connectivity index (χ1) is 16.1. The Morgan fingerprint density at radius 1 is 0.941 bits per heavy atom. The molecule has 0 aliphatic rings. The molecule has 0 aliphatic carbocycles. The molecular weight excluding hydrogens is 452 g/mol. The third kappa shape index (κ3) is 4.98. The molecule has 0 atom stereocenters. The summed E-state index contributed by atoms with van der Waals surface area (Å²) in [5.41, 5.74) is 3.68. The summed E-state index contributed by atoms with van der Waals surface area (Å²) in [6.45, 7) is 9.16. The molecule has 0 radical (unpaired) electrons. The molecule has 0 fully saturated rings. The standard InChI is InChI=1S/C26H30N2O5S/c1-6-27(7-2)34(31,32)25-16-21(14-13-18(25)3)26(30)33-17-24(29)23-15-19(4)28(20(23)5)22-11-9-8-10-12-22/h8-16H,6-7,17H2,1-5H3. The van der Waals surface area contributed by atoms with Crippen LogP contribution in [0.15, 0.2) is 59.5 Å². The van der Waals surface area contributed by atoms with Crippen LogP contribution in [-0.4, -0.2) is 48.7 Å². The molecule has 180 valence electrons. The average molecular weight is 483 g/mol. The highest BCUT2D eigenvalue weighted by Crippen LogP contribution is 2.23. The predicted octanol–water partition coefficient (Wildman–Crippen LogP) is 4.47. The van der Waals surface area contributed by atoms with Crippen LogP contribution >= 0.6 is 0 Å². The Bertz CT molecular complexity index is 1310. The third-order valence-electron chi connectivity index (χ3n) is 5.83. The average Bonchev–Trinajstić information content (AvgIpc) is 3.12. The van der Waals surface area contributed by atoms with Gasteiger partial charge in [0.05, 0.1) is 10.5 Å². The number of rotatable bonds is 9. The molecule has 34 heavy (non-hydrogen) atoms. The Morgan fingerprint density at radius 2 is 1.59 bits per heavy atom. The Kier molecular flexibility index (Phi) is 7.74. The number of aromatic nitrogens is 1. The van der Waals surface area contributed by atoms with E-state index in [1.54, 1.807) is 32.9 Å². The number of ketones is 1. The van der Waals surface area contributed by atoms with E-state index < -0.39 is 22.6 Å². The number of carbonyl (C=O) groups is 2. The summed E-state index contributed by atoms with van der Waals surface area (Å²) in [5, 5.41) is 0. The Hall–Kier alpha value is -3.23. The minimum Gasteiger partial charge on any atom is -0.454 e. The van der Waals surface area contributed by atoms with E-state index in [0.29, 0.717) is 24.2 Å². The highest BCUT2D eigenvalue weighted by atomic mass is 32.2. The zero-order chi connectivity index (χ0) is 25.0. The van der Waals surface area contributed by atoms with Crippen LogP contribution in [0.4, 0.5) is 0 Å². The lowest BCUT2D eigenvalue weighted by Crippen LogP contribution is -2.31. The minimum absolute atomic E-state index is 0.0587. The molecule has 0 amide bonds. The van der Waals surface area contributed by atoms with Gasteiger partial charge in [0.2, 0.25) is 15.8 Å². The maximum absolute atomic E-state index is 12.9. The molecule has 0 spiro atoms. The van der Waals surface area contributed by atoms with Crippen LogP contribution in [0, 0.1) is 20.8 Å². The van der Waals surface area contributed by atoms with Crippen LogP contribution in [0.1, 0.15) is 51.5 Å². The summed E-state index contributed by atoms with van der Waals surface area (Å²) >= 11 is 0. The fourth-order valence-corrected chi connectivity index (χ4v) is 5.73. The number of Topliss-reactive ketones (excluding diaryl/α,β-unsaturated/α-hetero) is 1. The van der Waals surface area contributed by atoms with E-state index in [1.165, 1.54) is 16.4 Å². The number of carbonyl (C=O) groups excluding carboxylic acids is 2. The van der Waals surface area contributed by atoms with Crippen LogP contribution in [0.2, 0.25) is 0 Å². The highest BCUT2D eigenvalue weighted by Gasteiger charge is 2.25. The molecule has 7 nitrogen and oxygen atoms in total. The molecule has 2 aromatic carbocycles. The van der Waals surface area contributed by atoms with Gasteiger partial charge >= 0.3 is 5.97 Å². The van der Waals surface area contributed by atoms with Crippen molar-refractivity contribution in [2.45, 2.75) is 39.5 Å². The maximum Gasteiger partial charge on any atom is 0.338 e. The van der Waals surface area contributed by atoms with Crippen molar-refractivity contribution >= 4 is 21.8 Å².